The van der Waals surface area contributed by atoms with Crippen LogP contribution in [0.4, 0.5) is 11.4 Å². The van der Waals surface area contributed by atoms with Crippen LogP contribution in [0.5, 0.6) is 0 Å². The highest BCUT2D eigenvalue weighted by molar-refractivity contribution is 5.59. The van der Waals surface area contributed by atoms with Crippen molar-refractivity contribution in [1.29, 1.82) is 5.26 Å². The topological polar surface area (TPSA) is 96.2 Å². The largest absolute Gasteiger partial charge is 0.393 e. The molecule has 0 amide bonds. The fourth-order valence-corrected chi connectivity index (χ4v) is 1.60. The van der Waals surface area contributed by atoms with Gasteiger partial charge in [-0.05, 0) is 25.6 Å². The van der Waals surface area contributed by atoms with Crippen LogP contribution in [0.15, 0.2) is 18.2 Å². The second-order valence-electron chi connectivity index (χ2n) is 4.28. The summed E-state index contributed by atoms with van der Waals surface area (Å²) in [7, 11) is 1.90. The van der Waals surface area contributed by atoms with Gasteiger partial charge in [0.05, 0.1) is 17.4 Å². The molecule has 1 unspecified atom stereocenters. The van der Waals surface area contributed by atoms with Crippen molar-refractivity contribution >= 4 is 11.4 Å². The highest BCUT2D eigenvalue weighted by atomic mass is 16.6. The van der Waals surface area contributed by atoms with Gasteiger partial charge in [0.25, 0.3) is 5.69 Å². The monoisotopic (exact) mass is 248 g/mol. The van der Waals surface area contributed by atoms with Crippen molar-refractivity contribution in [1.82, 2.24) is 4.90 Å². The number of hydrogen-bond donors (Lipinski definition) is 1. The lowest BCUT2D eigenvalue weighted by Gasteiger charge is -2.22. The van der Waals surface area contributed by atoms with Gasteiger partial charge in [0.2, 0.25) is 0 Å². The Kier molecular flexibility index (Phi) is 4.63. The first kappa shape index (κ1) is 13.9. The quantitative estimate of drug-likeness (QED) is 0.487. The molecule has 0 aliphatic carbocycles. The number of rotatable bonds is 5. The van der Waals surface area contributed by atoms with E-state index < -0.39 is 4.92 Å². The van der Waals surface area contributed by atoms with Gasteiger partial charge in [-0.2, -0.15) is 5.26 Å². The Balaban J connectivity index is 2.78. The molecule has 96 valence electrons. The van der Waals surface area contributed by atoms with Crippen molar-refractivity contribution < 1.29 is 4.92 Å². The highest BCUT2D eigenvalue weighted by Gasteiger charge is 2.13. The van der Waals surface area contributed by atoms with Crippen molar-refractivity contribution in [2.24, 2.45) is 0 Å². The summed E-state index contributed by atoms with van der Waals surface area (Å²) in [6.45, 7) is 2.56. The van der Waals surface area contributed by atoms with E-state index >= 15 is 0 Å². The number of hydrogen-bond acceptors (Lipinski definition) is 5. The molecule has 0 fully saturated rings. The van der Waals surface area contributed by atoms with Crippen LogP contribution >= 0.6 is 0 Å². The molecule has 1 aromatic carbocycles. The molecule has 0 saturated heterocycles. The summed E-state index contributed by atoms with van der Waals surface area (Å²) < 4.78 is 0. The first-order chi connectivity index (χ1) is 8.45. The molecule has 0 radical (unpaired) electrons. The van der Waals surface area contributed by atoms with Gasteiger partial charge in [0.1, 0.15) is 5.69 Å². The summed E-state index contributed by atoms with van der Waals surface area (Å²) in [5, 5.41) is 19.2. The van der Waals surface area contributed by atoms with Gasteiger partial charge in [-0.15, -0.1) is 0 Å². The first-order valence-corrected chi connectivity index (χ1v) is 5.55. The second-order valence-corrected chi connectivity index (χ2v) is 4.28. The number of benzene rings is 1. The minimum atomic E-state index is -0.499. The van der Waals surface area contributed by atoms with Crippen LogP contribution in [-0.2, 0) is 6.54 Å². The third kappa shape index (κ3) is 3.43. The van der Waals surface area contributed by atoms with Crippen LogP contribution < -0.4 is 5.73 Å². The van der Waals surface area contributed by atoms with Crippen LogP contribution in [0, 0.1) is 21.4 Å². The van der Waals surface area contributed by atoms with Crippen LogP contribution in [0.3, 0.4) is 0 Å². The van der Waals surface area contributed by atoms with E-state index in [2.05, 4.69) is 6.07 Å². The molecule has 0 aliphatic heterocycles. The Morgan fingerprint density at radius 1 is 1.61 bits per heavy atom. The predicted molar refractivity (Wildman–Crippen MR) is 68.7 cm³/mol. The molecule has 0 spiro atoms. The molecule has 1 aromatic rings. The molecule has 0 saturated carbocycles. The Bertz CT molecular complexity index is 481. The maximum atomic E-state index is 10.6. The number of nitriles is 1. The SMILES string of the molecule is CC(CC#N)N(C)Cc1ccc([N+](=O)[O-])c(N)c1. The van der Waals surface area contributed by atoms with Crippen molar-refractivity contribution in [3.63, 3.8) is 0 Å². The van der Waals surface area contributed by atoms with E-state index in [1.807, 2.05) is 18.9 Å². The van der Waals surface area contributed by atoms with E-state index in [9.17, 15) is 10.1 Å². The van der Waals surface area contributed by atoms with E-state index in [0.29, 0.717) is 13.0 Å². The minimum Gasteiger partial charge on any atom is -0.393 e. The molecule has 6 heteroatoms. The predicted octanol–water partition coefficient (Wildman–Crippen LogP) is 1.91. The van der Waals surface area contributed by atoms with Gasteiger partial charge < -0.3 is 5.73 Å². The van der Waals surface area contributed by atoms with Gasteiger partial charge in [0, 0.05) is 18.7 Å². The van der Waals surface area contributed by atoms with E-state index in [1.165, 1.54) is 6.07 Å². The summed E-state index contributed by atoms with van der Waals surface area (Å²) in [4.78, 5) is 12.1. The number of nitrogens with two attached hydrogens (primary N) is 1. The summed E-state index contributed by atoms with van der Waals surface area (Å²) >= 11 is 0. The Morgan fingerprint density at radius 2 is 2.28 bits per heavy atom. The molecule has 6 nitrogen and oxygen atoms in total. The molecule has 2 N–H and O–H groups in total. The molecule has 0 aromatic heterocycles. The second kappa shape index (κ2) is 5.98. The number of nitro benzene ring substituents is 1. The van der Waals surface area contributed by atoms with Crippen molar-refractivity contribution in [2.75, 3.05) is 12.8 Å². The molecule has 1 atom stereocenters. The van der Waals surface area contributed by atoms with Crippen LogP contribution in [-0.4, -0.2) is 22.9 Å². The first-order valence-electron chi connectivity index (χ1n) is 5.55. The molecular weight excluding hydrogens is 232 g/mol. The van der Waals surface area contributed by atoms with E-state index in [1.54, 1.807) is 12.1 Å². The standard InChI is InChI=1S/C12H16N4O2/c1-9(5-6-13)15(2)8-10-3-4-12(16(17)18)11(14)7-10/h3-4,7,9H,5,8,14H2,1-2H3. The summed E-state index contributed by atoms with van der Waals surface area (Å²) in [6.07, 6.45) is 0.443. The smallest absolute Gasteiger partial charge is 0.292 e. The lowest BCUT2D eigenvalue weighted by Crippen LogP contribution is -2.28. The number of nitrogens with zero attached hydrogens (tertiary/aromatic N) is 3. The van der Waals surface area contributed by atoms with Crippen molar-refractivity contribution in [3.8, 4) is 6.07 Å². The highest BCUT2D eigenvalue weighted by Crippen LogP contribution is 2.22. The third-order valence-electron chi connectivity index (χ3n) is 2.86. The molecule has 18 heavy (non-hydrogen) atoms. The van der Waals surface area contributed by atoms with Gasteiger partial charge in [0.15, 0.2) is 0 Å². The van der Waals surface area contributed by atoms with Crippen molar-refractivity contribution in [2.45, 2.75) is 25.9 Å². The zero-order valence-corrected chi connectivity index (χ0v) is 10.5. The van der Waals surface area contributed by atoms with E-state index in [-0.39, 0.29) is 17.4 Å². The van der Waals surface area contributed by atoms with Crippen LogP contribution in [0.25, 0.3) is 0 Å². The fourth-order valence-electron chi connectivity index (χ4n) is 1.60. The summed E-state index contributed by atoms with van der Waals surface area (Å²) in [6, 6.07) is 6.94. The van der Waals surface area contributed by atoms with Gasteiger partial charge in [-0.25, -0.2) is 0 Å². The molecule has 0 bridgehead atoms. The molecular formula is C12H16N4O2. The Morgan fingerprint density at radius 3 is 2.78 bits per heavy atom. The van der Waals surface area contributed by atoms with Gasteiger partial charge in [-0.1, -0.05) is 6.07 Å². The van der Waals surface area contributed by atoms with Gasteiger partial charge >= 0.3 is 0 Å². The summed E-state index contributed by atoms with van der Waals surface area (Å²) in [5.41, 5.74) is 6.60. The molecule has 0 aliphatic rings. The normalized spacial score (nSPS) is 12.1. The average molecular weight is 248 g/mol. The molecule has 1 rings (SSSR count). The lowest BCUT2D eigenvalue weighted by molar-refractivity contribution is -0.383. The third-order valence-corrected chi connectivity index (χ3v) is 2.86. The lowest BCUT2D eigenvalue weighted by atomic mass is 10.1. The van der Waals surface area contributed by atoms with Crippen molar-refractivity contribution in [3.05, 3.63) is 33.9 Å². The Hall–Kier alpha value is -2.13. The van der Waals surface area contributed by atoms with Crippen LogP contribution in [0.2, 0.25) is 0 Å². The maximum absolute atomic E-state index is 10.6. The number of anilines is 1. The zero-order chi connectivity index (χ0) is 13.7. The number of nitro groups is 1. The Labute approximate surface area is 106 Å². The maximum Gasteiger partial charge on any atom is 0.292 e. The minimum absolute atomic E-state index is 0.0773. The molecule has 0 heterocycles. The zero-order valence-electron chi connectivity index (χ0n) is 10.5. The van der Waals surface area contributed by atoms with Gasteiger partial charge in [-0.3, -0.25) is 15.0 Å². The summed E-state index contributed by atoms with van der Waals surface area (Å²) in [5.74, 6) is 0. The number of nitrogen functional groups attached to an aromatic ring is 1. The van der Waals surface area contributed by atoms with E-state index in [4.69, 9.17) is 11.0 Å². The average Bonchev–Trinajstić information content (AvgIpc) is 2.28. The fraction of sp³-hybridized carbons (Fsp3) is 0.417. The van der Waals surface area contributed by atoms with E-state index in [0.717, 1.165) is 5.56 Å². The van der Waals surface area contributed by atoms with Crippen LogP contribution in [0.1, 0.15) is 18.9 Å².